The van der Waals surface area contributed by atoms with Gasteiger partial charge in [0.25, 0.3) is 5.91 Å². The first-order valence-electron chi connectivity index (χ1n) is 7.58. The van der Waals surface area contributed by atoms with Gasteiger partial charge in [-0.15, -0.1) is 0 Å². The fraction of sp³-hybridized carbons (Fsp3) is 0.353. The quantitative estimate of drug-likeness (QED) is 0.839. The van der Waals surface area contributed by atoms with Crippen LogP contribution < -0.4 is 5.32 Å². The molecule has 1 N–H and O–H groups in total. The number of hydrogen-bond acceptors (Lipinski definition) is 5. The molecule has 0 fully saturated rings. The summed E-state index contributed by atoms with van der Waals surface area (Å²) in [5, 5.41) is 6.32. The van der Waals surface area contributed by atoms with Crippen molar-refractivity contribution in [3.63, 3.8) is 0 Å². The third-order valence-corrected chi connectivity index (χ3v) is 3.46. The first kappa shape index (κ1) is 17.7. The van der Waals surface area contributed by atoms with Gasteiger partial charge in [0.2, 0.25) is 5.91 Å². The number of aromatic nitrogens is 1. The van der Waals surface area contributed by atoms with Crippen molar-refractivity contribution >= 4 is 17.6 Å². The molecule has 0 aliphatic carbocycles. The van der Waals surface area contributed by atoms with Crippen molar-refractivity contribution in [1.82, 2.24) is 10.1 Å². The van der Waals surface area contributed by atoms with E-state index in [1.165, 1.54) is 4.90 Å². The van der Waals surface area contributed by atoms with Gasteiger partial charge in [-0.1, -0.05) is 23.4 Å². The Morgan fingerprint density at radius 1 is 1.29 bits per heavy atom. The molecular formula is C17H21N3O4. The van der Waals surface area contributed by atoms with E-state index >= 15 is 0 Å². The maximum atomic E-state index is 12.7. The van der Waals surface area contributed by atoms with E-state index in [1.54, 1.807) is 32.2 Å². The Balaban J connectivity index is 2.08. The van der Waals surface area contributed by atoms with Crippen molar-refractivity contribution in [3.05, 3.63) is 47.2 Å². The summed E-state index contributed by atoms with van der Waals surface area (Å²) in [6.45, 7) is 4.15. The number of carbonyl (C=O) groups excluding carboxylic acids is 2. The molecule has 0 aliphatic rings. The van der Waals surface area contributed by atoms with Gasteiger partial charge in [-0.3, -0.25) is 9.59 Å². The Morgan fingerprint density at radius 2 is 2.04 bits per heavy atom. The van der Waals surface area contributed by atoms with Crippen LogP contribution in [0.2, 0.25) is 0 Å². The molecule has 0 saturated carbocycles. The third kappa shape index (κ3) is 4.66. The number of nitrogens with zero attached hydrogens (tertiary/aromatic N) is 2. The fourth-order valence-corrected chi connectivity index (χ4v) is 2.22. The van der Waals surface area contributed by atoms with E-state index in [0.717, 1.165) is 5.56 Å². The predicted octanol–water partition coefficient (Wildman–Crippen LogP) is 2.02. The number of ether oxygens (including phenoxy) is 1. The second-order valence-corrected chi connectivity index (χ2v) is 5.41. The second kappa shape index (κ2) is 8.26. The van der Waals surface area contributed by atoms with Gasteiger partial charge >= 0.3 is 0 Å². The van der Waals surface area contributed by atoms with Crippen LogP contribution >= 0.6 is 0 Å². The Kier molecular flexibility index (Phi) is 6.08. The van der Waals surface area contributed by atoms with E-state index in [1.807, 2.05) is 19.1 Å². The van der Waals surface area contributed by atoms with Crippen LogP contribution in [0.4, 0.5) is 5.82 Å². The van der Waals surface area contributed by atoms with Gasteiger partial charge in [0.1, 0.15) is 12.3 Å². The van der Waals surface area contributed by atoms with E-state index in [4.69, 9.17) is 9.26 Å². The van der Waals surface area contributed by atoms with E-state index in [0.29, 0.717) is 30.3 Å². The minimum absolute atomic E-state index is 0.0948. The predicted molar refractivity (Wildman–Crippen MR) is 88.8 cm³/mol. The largest absolute Gasteiger partial charge is 0.383 e. The van der Waals surface area contributed by atoms with Crippen LogP contribution in [0.5, 0.6) is 0 Å². The van der Waals surface area contributed by atoms with Crippen molar-refractivity contribution in [2.45, 2.75) is 13.8 Å². The number of amides is 2. The number of anilines is 1. The van der Waals surface area contributed by atoms with Crippen molar-refractivity contribution in [2.24, 2.45) is 0 Å². The van der Waals surface area contributed by atoms with Crippen LogP contribution in [-0.2, 0) is 9.53 Å². The summed E-state index contributed by atoms with van der Waals surface area (Å²) in [4.78, 5) is 26.4. The molecule has 0 radical (unpaired) electrons. The number of methoxy groups -OCH3 is 1. The average Bonchev–Trinajstić information content (AvgIpc) is 2.96. The lowest BCUT2D eigenvalue weighted by Gasteiger charge is -2.22. The number of rotatable bonds is 7. The smallest absolute Gasteiger partial charge is 0.254 e. The minimum atomic E-state index is -0.346. The number of benzene rings is 1. The lowest BCUT2D eigenvalue weighted by Crippen LogP contribution is -2.40. The summed E-state index contributed by atoms with van der Waals surface area (Å²) in [7, 11) is 1.55. The molecule has 1 heterocycles. The highest BCUT2D eigenvalue weighted by Crippen LogP contribution is 2.11. The van der Waals surface area contributed by atoms with E-state index in [2.05, 4.69) is 10.5 Å². The molecule has 2 aromatic rings. The Morgan fingerprint density at radius 3 is 2.67 bits per heavy atom. The van der Waals surface area contributed by atoms with Crippen LogP contribution in [-0.4, -0.2) is 48.7 Å². The fourth-order valence-electron chi connectivity index (χ4n) is 2.22. The minimum Gasteiger partial charge on any atom is -0.383 e. The lowest BCUT2D eigenvalue weighted by atomic mass is 10.1. The topological polar surface area (TPSA) is 84.7 Å². The highest BCUT2D eigenvalue weighted by Gasteiger charge is 2.20. The Labute approximate surface area is 140 Å². The molecule has 128 valence electrons. The molecule has 0 bridgehead atoms. The molecule has 0 unspecified atom stereocenters. The van der Waals surface area contributed by atoms with Gasteiger partial charge < -0.3 is 19.5 Å². The van der Waals surface area contributed by atoms with Crippen LogP contribution in [0.3, 0.4) is 0 Å². The molecule has 2 rings (SSSR count). The molecule has 1 aromatic heterocycles. The molecule has 0 atom stereocenters. The first-order valence-corrected chi connectivity index (χ1v) is 7.58. The normalized spacial score (nSPS) is 10.5. The highest BCUT2D eigenvalue weighted by atomic mass is 16.5. The summed E-state index contributed by atoms with van der Waals surface area (Å²) >= 11 is 0. The van der Waals surface area contributed by atoms with Gasteiger partial charge in [-0.05, 0) is 25.5 Å². The molecule has 7 heteroatoms. The molecular weight excluding hydrogens is 310 g/mol. The summed E-state index contributed by atoms with van der Waals surface area (Å²) in [6, 6.07) is 8.88. The van der Waals surface area contributed by atoms with Crippen LogP contribution in [0.15, 0.2) is 34.9 Å². The summed E-state index contributed by atoms with van der Waals surface area (Å²) in [5.41, 5.74) is 1.43. The number of hydrogen-bond donors (Lipinski definition) is 1. The summed E-state index contributed by atoms with van der Waals surface area (Å²) in [6.07, 6.45) is 0. The zero-order valence-corrected chi connectivity index (χ0v) is 14.0. The van der Waals surface area contributed by atoms with Gasteiger partial charge in [-0.25, -0.2) is 0 Å². The van der Waals surface area contributed by atoms with Crippen LogP contribution in [0.1, 0.15) is 21.7 Å². The molecule has 2 amide bonds. The summed E-state index contributed by atoms with van der Waals surface area (Å²) < 4.78 is 9.94. The monoisotopic (exact) mass is 331 g/mol. The highest BCUT2D eigenvalue weighted by molar-refractivity contribution is 5.99. The van der Waals surface area contributed by atoms with Crippen LogP contribution in [0.25, 0.3) is 0 Å². The molecule has 0 aliphatic heterocycles. The zero-order chi connectivity index (χ0) is 17.5. The molecule has 0 spiro atoms. The van der Waals surface area contributed by atoms with Gasteiger partial charge in [0.05, 0.1) is 6.61 Å². The van der Waals surface area contributed by atoms with Crippen molar-refractivity contribution in [1.29, 1.82) is 0 Å². The van der Waals surface area contributed by atoms with Crippen molar-refractivity contribution < 1.29 is 18.8 Å². The zero-order valence-electron chi connectivity index (χ0n) is 14.0. The van der Waals surface area contributed by atoms with Crippen molar-refractivity contribution in [2.75, 3.05) is 32.1 Å². The van der Waals surface area contributed by atoms with Gasteiger partial charge in [0, 0.05) is 25.3 Å². The second-order valence-electron chi connectivity index (χ2n) is 5.41. The molecule has 1 aromatic carbocycles. The van der Waals surface area contributed by atoms with Crippen molar-refractivity contribution in [3.8, 4) is 0 Å². The van der Waals surface area contributed by atoms with E-state index < -0.39 is 0 Å². The third-order valence-electron chi connectivity index (χ3n) is 3.46. The SMILES string of the molecule is COCCN(CC(=O)Nc1cc(C)on1)C(=O)c1ccccc1C. The Hall–Kier alpha value is -2.67. The van der Waals surface area contributed by atoms with E-state index in [9.17, 15) is 9.59 Å². The van der Waals surface area contributed by atoms with Crippen LogP contribution in [0, 0.1) is 13.8 Å². The standard InChI is InChI=1S/C17H21N3O4/c1-12-6-4-5-7-14(12)17(22)20(8-9-23-3)11-16(21)18-15-10-13(2)24-19-15/h4-7,10H,8-9,11H2,1-3H3,(H,18,19,21). The lowest BCUT2D eigenvalue weighted by molar-refractivity contribution is -0.117. The number of carbonyl (C=O) groups is 2. The molecule has 0 saturated heterocycles. The average molecular weight is 331 g/mol. The first-order chi connectivity index (χ1) is 11.5. The van der Waals surface area contributed by atoms with E-state index in [-0.39, 0.29) is 18.4 Å². The summed E-state index contributed by atoms with van der Waals surface area (Å²) in [5.74, 6) is 0.364. The maximum absolute atomic E-state index is 12.7. The maximum Gasteiger partial charge on any atom is 0.254 e. The number of nitrogens with one attached hydrogen (secondary N) is 1. The van der Waals surface area contributed by atoms with Gasteiger partial charge in [-0.2, -0.15) is 0 Å². The Bertz CT molecular complexity index is 711. The number of aryl methyl sites for hydroxylation is 2. The van der Waals surface area contributed by atoms with Gasteiger partial charge in [0.15, 0.2) is 5.82 Å². The molecule has 7 nitrogen and oxygen atoms in total. The molecule has 24 heavy (non-hydrogen) atoms.